The molecule has 0 radical (unpaired) electrons. The van der Waals surface area contributed by atoms with E-state index in [1.165, 1.54) is 0 Å². The highest BCUT2D eigenvalue weighted by molar-refractivity contribution is 6.03. The Morgan fingerprint density at radius 2 is 1.97 bits per heavy atom. The average molecular weight is 536 g/mol. The number of fused-ring (bicyclic) bond motifs is 2. The van der Waals surface area contributed by atoms with Crippen LogP contribution in [0.25, 0.3) is 22.2 Å². The summed E-state index contributed by atoms with van der Waals surface area (Å²) in [5.41, 5.74) is 3.59. The molecule has 3 N–H and O–H groups in total. The zero-order valence-corrected chi connectivity index (χ0v) is 22.2. The monoisotopic (exact) mass is 535 g/mol. The second kappa shape index (κ2) is 11.6. The van der Waals surface area contributed by atoms with Crippen molar-refractivity contribution in [2.24, 2.45) is 0 Å². The Balaban J connectivity index is 0.00000336. The first-order chi connectivity index (χ1) is 18.0. The van der Waals surface area contributed by atoms with E-state index in [2.05, 4.69) is 31.3 Å². The Kier molecular flexibility index (Phi) is 8.23. The summed E-state index contributed by atoms with van der Waals surface area (Å²) in [6.07, 6.45) is 1.19. The Morgan fingerprint density at radius 3 is 2.71 bits per heavy atom. The van der Waals surface area contributed by atoms with Gasteiger partial charge in [-0.15, -0.1) is 17.5 Å². The van der Waals surface area contributed by atoms with E-state index in [0.717, 1.165) is 33.2 Å². The van der Waals surface area contributed by atoms with Crippen molar-refractivity contribution in [3.63, 3.8) is 0 Å². The molecule has 2 amide bonds. The van der Waals surface area contributed by atoms with Gasteiger partial charge in [-0.3, -0.25) is 9.59 Å². The fraction of sp³-hybridized carbons (Fsp3) is 0.296. The number of hydrogen-bond donors (Lipinski definition) is 3. The van der Waals surface area contributed by atoms with E-state index in [0.29, 0.717) is 24.4 Å². The number of ether oxygens (including phenoxy) is 1. The van der Waals surface area contributed by atoms with Gasteiger partial charge in [0.05, 0.1) is 19.7 Å². The summed E-state index contributed by atoms with van der Waals surface area (Å²) in [5.74, 6) is 0.856. The number of carbonyl (C=O) groups excluding carboxylic acids is 2. The number of methoxy groups -OCH3 is 1. The minimum absolute atomic E-state index is 0. The Bertz CT molecular complexity index is 1440. The van der Waals surface area contributed by atoms with E-state index in [-0.39, 0.29) is 30.8 Å². The molecule has 3 aromatic carbocycles. The smallest absolute Gasteiger partial charge is 0.249 e. The van der Waals surface area contributed by atoms with Crippen molar-refractivity contribution in [1.29, 1.82) is 0 Å². The number of aromatic amines is 1. The summed E-state index contributed by atoms with van der Waals surface area (Å²) in [4.78, 5) is 28.4. The van der Waals surface area contributed by atoms with Crippen LogP contribution in [0.5, 0.6) is 5.75 Å². The Labute approximate surface area is 226 Å². The molecule has 0 aliphatic carbocycles. The van der Waals surface area contributed by atoms with Crippen molar-refractivity contribution in [1.82, 2.24) is 31.3 Å². The number of carbonyl (C=O) groups is 2. The van der Waals surface area contributed by atoms with Gasteiger partial charge in [0.15, 0.2) is 5.82 Å². The minimum Gasteiger partial charge on any atom is -0.496 e. The van der Waals surface area contributed by atoms with Crippen LogP contribution >= 0.6 is 12.4 Å². The van der Waals surface area contributed by atoms with Gasteiger partial charge in [-0.1, -0.05) is 36.4 Å². The fourth-order valence-corrected chi connectivity index (χ4v) is 4.83. The van der Waals surface area contributed by atoms with Gasteiger partial charge in [-0.25, -0.2) is 5.10 Å². The second-order valence-corrected chi connectivity index (χ2v) is 9.06. The van der Waals surface area contributed by atoms with E-state index in [1.54, 1.807) is 26.0 Å². The van der Waals surface area contributed by atoms with Crippen molar-refractivity contribution in [2.75, 3.05) is 19.1 Å². The fourth-order valence-electron chi connectivity index (χ4n) is 4.83. The summed E-state index contributed by atoms with van der Waals surface area (Å²) in [5, 5.41) is 22.1. The highest BCUT2D eigenvalue weighted by Gasteiger charge is 2.33. The molecule has 0 saturated heterocycles. The van der Waals surface area contributed by atoms with Crippen molar-refractivity contribution in [2.45, 2.75) is 38.4 Å². The first kappa shape index (κ1) is 27.0. The van der Waals surface area contributed by atoms with Crippen LogP contribution in [0, 0.1) is 0 Å². The molecule has 2 unspecified atom stereocenters. The number of para-hydroxylation sites is 1. The number of likely N-dealkylation sites (N-methyl/N-ethyl adjacent to an activating group) is 1. The molecule has 0 saturated carbocycles. The highest BCUT2D eigenvalue weighted by Crippen LogP contribution is 2.36. The van der Waals surface area contributed by atoms with Gasteiger partial charge in [-0.05, 0) is 71.8 Å². The van der Waals surface area contributed by atoms with Crippen LogP contribution < -0.4 is 20.3 Å². The number of nitrogens with one attached hydrogen (secondary N) is 3. The molecule has 2 heterocycles. The summed E-state index contributed by atoms with van der Waals surface area (Å²) < 4.78 is 5.75. The van der Waals surface area contributed by atoms with Gasteiger partial charge in [-0.2, -0.15) is 0 Å². The van der Waals surface area contributed by atoms with Gasteiger partial charge < -0.3 is 20.3 Å². The predicted molar refractivity (Wildman–Crippen MR) is 147 cm³/mol. The lowest BCUT2D eigenvalue weighted by atomic mass is 9.98. The third-order valence-electron chi connectivity index (χ3n) is 6.96. The summed E-state index contributed by atoms with van der Waals surface area (Å²) in [6.45, 7) is 2.04. The molecule has 1 aromatic heterocycles. The zero-order chi connectivity index (χ0) is 25.9. The van der Waals surface area contributed by atoms with Gasteiger partial charge in [0, 0.05) is 16.8 Å². The first-order valence-electron chi connectivity index (χ1n) is 12.2. The Morgan fingerprint density at radius 1 is 1.16 bits per heavy atom. The van der Waals surface area contributed by atoms with Gasteiger partial charge >= 0.3 is 0 Å². The van der Waals surface area contributed by atoms with E-state index in [9.17, 15) is 9.59 Å². The maximum absolute atomic E-state index is 14.0. The van der Waals surface area contributed by atoms with E-state index in [4.69, 9.17) is 4.74 Å². The lowest BCUT2D eigenvalue weighted by Gasteiger charge is -2.28. The van der Waals surface area contributed by atoms with Crippen LogP contribution in [0.3, 0.4) is 0 Å². The quantitative estimate of drug-likeness (QED) is 0.332. The Hall–Kier alpha value is -4.02. The zero-order valence-electron chi connectivity index (χ0n) is 21.4. The van der Waals surface area contributed by atoms with Crippen molar-refractivity contribution in [3.05, 3.63) is 65.7 Å². The number of rotatable bonds is 7. The molecule has 2 atom stereocenters. The lowest BCUT2D eigenvalue weighted by molar-refractivity contribution is -0.128. The van der Waals surface area contributed by atoms with Crippen molar-refractivity contribution >= 4 is 40.7 Å². The molecule has 10 nitrogen and oxygen atoms in total. The number of aryl methyl sites for hydroxylation is 1. The lowest BCUT2D eigenvalue weighted by Crippen LogP contribution is -2.52. The van der Waals surface area contributed by atoms with Crippen LogP contribution in [0.15, 0.2) is 54.6 Å². The number of halogens is 1. The molecule has 4 aromatic rings. The normalized spacial score (nSPS) is 15.8. The van der Waals surface area contributed by atoms with Gasteiger partial charge in [0.2, 0.25) is 11.8 Å². The number of benzene rings is 3. The SMILES string of the molecule is CNC(C)C(=O)NC1CCc2ccccc2N(Cc2c(OC)ccc3c(-c4nnn[nH]4)cccc23)C1=O.Cl. The first-order valence-corrected chi connectivity index (χ1v) is 12.2. The van der Waals surface area contributed by atoms with Gasteiger partial charge in [0.1, 0.15) is 11.8 Å². The highest BCUT2D eigenvalue weighted by atomic mass is 35.5. The van der Waals surface area contributed by atoms with Crippen LogP contribution in [-0.2, 0) is 22.6 Å². The molecule has 5 rings (SSSR count). The average Bonchev–Trinajstić information content (AvgIpc) is 3.43. The molecule has 1 aliphatic rings. The third kappa shape index (κ3) is 5.05. The number of tetrazole rings is 1. The molecule has 11 heteroatoms. The topological polar surface area (TPSA) is 125 Å². The molecule has 0 bridgehead atoms. The number of H-pyrrole nitrogens is 1. The minimum atomic E-state index is -0.646. The standard InChI is InChI=1S/C27H29N7O3.ClH/c1-16(28-2)26(35)29-22-13-11-17-7-4-5-10-23(17)34(27(22)36)15-21-18-8-6-9-20(25-30-32-33-31-25)19(18)12-14-24(21)37-3;/h4-10,12,14,16,22,28H,11,13,15H2,1-3H3,(H,29,35)(H,30,31,32,33);1H. The van der Waals surface area contributed by atoms with E-state index >= 15 is 0 Å². The summed E-state index contributed by atoms with van der Waals surface area (Å²) >= 11 is 0. The third-order valence-corrected chi connectivity index (χ3v) is 6.96. The number of aromatic nitrogens is 4. The van der Waals surface area contributed by atoms with Gasteiger partial charge in [0.25, 0.3) is 0 Å². The molecule has 38 heavy (non-hydrogen) atoms. The summed E-state index contributed by atoms with van der Waals surface area (Å²) in [7, 11) is 3.34. The molecular weight excluding hydrogens is 506 g/mol. The molecule has 0 fully saturated rings. The number of nitrogens with zero attached hydrogens (tertiary/aromatic N) is 4. The molecule has 1 aliphatic heterocycles. The van der Waals surface area contributed by atoms with Crippen molar-refractivity contribution in [3.8, 4) is 17.1 Å². The maximum atomic E-state index is 14.0. The van der Waals surface area contributed by atoms with Crippen LogP contribution in [-0.4, -0.2) is 58.7 Å². The van der Waals surface area contributed by atoms with Crippen LogP contribution in [0.4, 0.5) is 5.69 Å². The number of amides is 2. The maximum Gasteiger partial charge on any atom is 0.249 e. The summed E-state index contributed by atoms with van der Waals surface area (Å²) in [6, 6.07) is 16.6. The van der Waals surface area contributed by atoms with Crippen LogP contribution in [0.2, 0.25) is 0 Å². The second-order valence-electron chi connectivity index (χ2n) is 9.06. The largest absolute Gasteiger partial charge is 0.496 e. The molecule has 198 valence electrons. The van der Waals surface area contributed by atoms with Crippen LogP contribution in [0.1, 0.15) is 24.5 Å². The number of anilines is 1. The van der Waals surface area contributed by atoms with Crippen molar-refractivity contribution < 1.29 is 14.3 Å². The number of hydrogen-bond acceptors (Lipinski definition) is 7. The van der Waals surface area contributed by atoms with E-state index < -0.39 is 12.1 Å². The predicted octanol–water partition coefficient (Wildman–Crippen LogP) is 3.02. The van der Waals surface area contributed by atoms with E-state index in [1.807, 2.05) is 54.6 Å². The molecule has 0 spiro atoms. The molecular formula is C27H30ClN7O3.